The van der Waals surface area contributed by atoms with Crippen LogP contribution in [0.1, 0.15) is 23.0 Å². The lowest BCUT2D eigenvalue weighted by atomic mass is 10.2. The Morgan fingerprint density at radius 2 is 1.86 bits per heavy atom. The van der Waals surface area contributed by atoms with Crippen LogP contribution in [-0.4, -0.2) is 22.5 Å². The van der Waals surface area contributed by atoms with Gasteiger partial charge in [0.15, 0.2) is 6.10 Å². The molecule has 1 atom stereocenters. The standard InChI is InChI=1S/C16H18N2O3/c1-11-6-8-13(9-7-11)17-15(19)12(2)21-16(20)14-5-4-10-18(14)3/h4-10,12H,1-3H3,(H,17,19)/t12-/m0/s1. The van der Waals surface area contributed by atoms with Crippen LogP contribution < -0.4 is 5.32 Å². The molecular weight excluding hydrogens is 268 g/mol. The first-order valence-corrected chi connectivity index (χ1v) is 6.67. The van der Waals surface area contributed by atoms with E-state index in [4.69, 9.17) is 4.74 Å². The van der Waals surface area contributed by atoms with E-state index in [0.29, 0.717) is 11.4 Å². The minimum Gasteiger partial charge on any atom is -0.448 e. The van der Waals surface area contributed by atoms with Gasteiger partial charge in [-0.15, -0.1) is 0 Å². The van der Waals surface area contributed by atoms with Crippen LogP contribution in [0.3, 0.4) is 0 Å². The SMILES string of the molecule is Cc1ccc(NC(=O)[C@H](C)OC(=O)c2cccn2C)cc1. The summed E-state index contributed by atoms with van der Waals surface area (Å²) < 4.78 is 6.81. The Balaban J connectivity index is 1.95. The molecule has 0 saturated carbocycles. The predicted molar refractivity (Wildman–Crippen MR) is 80.1 cm³/mol. The van der Waals surface area contributed by atoms with E-state index < -0.39 is 12.1 Å². The molecule has 5 nitrogen and oxygen atoms in total. The third-order valence-corrected chi connectivity index (χ3v) is 3.13. The molecule has 1 N–H and O–H groups in total. The fourth-order valence-corrected chi connectivity index (χ4v) is 1.83. The van der Waals surface area contributed by atoms with Crippen LogP contribution in [0, 0.1) is 6.92 Å². The average Bonchev–Trinajstić information content (AvgIpc) is 2.87. The maximum Gasteiger partial charge on any atom is 0.355 e. The van der Waals surface area contributed by atoms with Crippen molar-refractivity contribution in [3.63, 3.8) is 0 Å². The number of esters is 1. The number of carbonyl (C=O) groups excluding carboxylic acids is 2. The van der Waals surface area contributed by atoms with E-state index in [9.17, 15) is 9.59 Å². The van der Waals surface area contributed by atoms with Crippen LogP contribution in [-0.2, 0) is 16.6 Å². The number of nitrogens with zero attached hydrogens (tertiary/aromatic N) is 1. The molecule has 0 aliphatic heterocycles. The zero-order chi connectivity index (χ0) is 15.4. The number of carbonyl (C=O) groups is 2. The van der Waals surface area contributed by atoms with Crippen LogP contribution in [0.5, 0.6) is 0 Å². The lowest BCUT2D eigenvalue weighted by molar-refractivity contribution is -0.123. The Morgan fingerprint density at radius 1 is 1.19 bits per heavy atom. The molecule has 0 spiro atoms. The number of hydrogen-bond donors (Lipinski definition) is 1. The minimum absolute atomic E-state index is 0.360. The molecule has 0 fully saturated rings. The van der Waals surface area contributed by atoms with Crippen LogP contribution in [0.2, 0.25) is 0 Å². The van der Waals surface area contributed by atoms with Gasteiger partial charge in [0.25, 0.3) is 5.91 Å². The Bertz CT molecular complexity index is 644. The summed E-state index contributed by atoms with van der Waals surface area (Å²) in [5.74, 6) is -0.879. The fourth-order valence-electron chi connectivity index (χ4n) is 1.83. The highest BCUT2D eigenvalue weighted by Crippen LogP contribution is 2.10. The summed E-state index contributed by atoms with van der Waals surface area (Å²) in [7, 11) is 1.74. The number of aromatic nitrogens is 1. The molecule has 110 valence electrons. The number of ether oxygens (including phenoxy) is 1. The monoisotopic (exact) mass is 286 g/mol. The van der Waals surface area contributed by atoms with Crippen molar-refractivity contribution in [3.05, 3.63) is 53.9 Å². The van der Waals surface area contributed by atoms with E-state index in [0.717, 1.165) is 5.56 Å². The van der Waals surface area contributed by atoms with Crippen molar-refractivity contribution in [2.24, 2.45) is 7.05 Å². The van der Waals surface area contributed by atoms with E-state index in [1.165, 1.54) is 0 Å². The summed E-state index contributed by atoms with van der Waals surface area (Å²) >= 11 is 0. The van der Waals surface area contributed by atoms with Gasteiger partial charge in [0.05, 0.1) is 0 Å². The lowest BCUT2D eigenvalue weighted by Gasteiger charge is -2.14. The normalized spacial score (nSPS) is 11.8. The third kappa shape index (κ3) is 3.72. The van der Waals surface area contributed by atoms with Crippen LogP contribution in [0.4, 0.5) is 5.69 Å². The van der Waals surface area contributed by atoms with Crippen LogP contribution >= 0.6 is 0 Å². The number of amides is 1. The maximum atomic E-state index is 12.0. The van der Waals surface area contributed by atoms with E-state index in [-0.39, 0.29) is 5.91 Å². The Labute approximate surface area is 123 Å². The second kappa shape index (κ2) is 6.26. The second-order valence-electron chi connectivity index (χ2n) is 4.91. The van der Waals surface area contributed by atoms with Gasteiger partial charge in [0.2, 0.25) is 0 Å². The first-order chi connectivity index (χ1) is 9.97. The predicted octanol–water partition coefficient (Wildman–Crippen LogP) is 2.52. The molecule has 0 unspecified atom stereocenters. The molecule has 0 radical (unpaired) electrons. The number of benzene rings is 1. The second-order valence-corrected chi connectivity index (χ2v) is 4.91. The summed E-state index contributed by atoms with van der Waals surface area (Å²) in [6.07, 6.45) is 0.877. The smallest absolute Gasteiger partial charge is 0.355 e. The number of nitrogens with one attached hydrogen (secondary N) is 1. The molecule has 0 aliphatic carbocycles. The molecule has 5 heteroatoms. The molecule has 0 saturated heterocycles. The highest BCUT2D eigenvalue weighted by Gasteiger charge is 2.20. The lowest BCUT2D eigenvalue weighted by Crippen LogP contribution is -2.30. The molecule has 0 aliphatic rings. The number of rotatable bonds is 4. The minimum atomic E-state index is -0.867. The first-order valence-electron chi connectivity index (χ1n) is 6.67. The third-order valence-electron chi connectivity index (χ3n) is 3.13. The van der Waals surface area contributed by atoms with E-state index in [2.05, 4.69) is 5.32 Å². The number of anilines is 1. The van der Waals surface area contributed by atoms with E-state index in [1.54, 1.807) is 49.0 Å². The Hall–Kier alpha value is -2.56. The van der Waals surface area contributed by atoms with Gasteiger partial charge in [-0.3, -0.25) is 4.79 Å². The van der Waals surface area contributed by atoms with Gasteiger partial charge < -0.3 is 14.6 Å². The van der Waals surface area contributed by atoms with Gasteiger partial charge in [0.1, 0.15) is 5.69 Å². The van der Waals surface area contributed by atoms with E-state index >= 15 is 0 Å². The van der Waals surface area contributed by atoms with Crippen molar-refractivity contribution in [1.82, 2.24) is 4.57 Å². The van der Waals surface area contributed by atoms with Gasteiger partial charge in [-0.25, -0.2) is 4.79 Å². The molecule has 1 aromatic carbocycles. The summed E-state index contributed by atoms with van der Waals surface area (Å²) in [6.45, 7) is 3.51. The first kappa shape index (κ1) is 14.8. The van der Waals surface area contributed by atoms with Crippen molar-refractivity contribution >= 4 is 17.6 Å². The molecular formula is C16H18N2O3. The summed E-state index contributed by atoms with van der Waals surface area (Å²) in [5, 5.41) is 2.71. The van der Waals surface area contributed by atoms with Crippen molar-refractivity contribution in [1.29, 1.82) is 0 Å². The fraction of sp³-hybridized carbons (Fsp3) is 0.250. The van der Waals surface area contributed by atoms with Crippen molar-refractivity contribution in [2.45, 2.75) is 20.0 Å². The van der Waals surface area contributed by atoms with Crippen molar-refractivity contribution in [3.8, 4) is 0 Å². The average molecular weight is 286 g/mol. The zero-order valence-corrected chi connectivity index (χ0v) is 12.3. The topological polar surface area (TPSA) is 60.3 Å². The molecule has 0 bridgehead atoms. The summed E-state index contributed by atoms with van der Waals surface area (Å²) in [5.41, 5.74) is 2.19. The highest BCUT2D eigenvalue weighted by molar-refractivity contribution is 5.96. The van der Waals surface area contributed by atoms with Crippen LogP contribution in [0.25, 0.3) is 0 Å². The highest BCUT2D eigenvalue weighted by atomic mass is 16.5. The Kier molecular flexibility index (Phi) is 4.42. The zero-order valence-electron chi connectivity index (χ0n) is 12.3. The molecule has 2 rings (SSSR count). The number of aryl methyl sites for hydroxylation is 2. The largest absolute Gasteiger partial charge is 0.448 e. The van der Waals surface area contributed by atoms with Crippen molar-refractivity contribution < 1.29 is 14.3 Å². The quantitative estimate of drug-likeness (QED) is 0.879. The van der Waals surface area contributed by atoms with Gasteiger partial charge in [0, 0.05) is 18.9 Å². The van der Waals surface area contributed by atoms with Gasteiger partial charge in [-0.2, -0.15) is 0 Å². The molecule has 1 aromatic heterocycles. The molecule has 2 aromatic rings. The van der Waals surface area contributed by atoms with Gasteiger partial charge >= 0.3 is 5.97 Å². The molecule has 1 heterocycles. The van der Waals surface area contributed by atoms with E-state index in [1.807, 2.05) is 19.1 Å². The summed E-state index contributed by atoms with van der Waals surface area (Å²) in [6, 6.07) is 10.8. The molecule has 21 heavy (non-hydrogen) atoms. The summed E-state index contributed by atoms with van der Waals surface area (Å²) in [4.78, 5) is 23.9. The van der Waals surface area contributed by atoms with Gasteiger partial charge in [-0.1, -0.05) is 17.7 Å². The number of hydrogen-bond acceptors (Lipinski definition) is 3. The maximum absolute atomic E-state index is 12.0. The Morgan fingerprint density at radius 3 is 2.43 bits per heavy atom. The van der Waals surface area contributed by atoms with Gasteiger partial charge in [-0.05, 0) is 38.1 Å². The molecule has 1 amide bonds. The van der Waals surface area contributed by atoms with Crippen molar-refractivity contribution in [2.75, 3.05) is 5.32 Å². The van der Waals surface area contributed by atoms with Crippen LogP contribution in [0.15, 0.2) is 42.6 Å².